The molecule has 0 saturated carbocycles. The minimum absolute atomic E-state index is 0.0314. The topological polar surface area (TPSA) is 42.2 Å². The molecule has 0 aliphatic carbocycles. The maximum atomic E-state index is 9.70. The van der Waals surface area contributed by atoms with E-state index in [1.54, 1.807) is 7.11 Å². The van der Waals surface area contributed by atoms with E-state index in [2.05, 4.69) is 28.1 Å². The number of nitrogens with zero attached hydrogens (tertiary/aromatic N) is 1. The highest BCUT2D eigenvalue weighted by molar-refractivity contribution is 9.10. The van der Waals surface area contributed by atoms with Crippen molar-refractivity contribution < 1.29 is 9.47 Å². The van der Waals surface area contributed by atoms with E-state index in [9.17, 15) is 5.26 Å². The molecule has 0 N–H and O–H groups in total. The van der Waals surface area contributed by atoms with Gasteiger partial charge in [0, 0.05) is 0 Å². The lowest BCUT2D eigenvalue weighted by Gasteiger charge is -2.16. The fraction of sp³-hybridized carbons (Fsp3) is 0.174. The zero-order chi connectivity index (χ0) is 19.4. The molecular formula is C23H20BrNO2. The molecule has 0 aliphatic heterocycles. The molecule has 0 saturated heterocycles. The van der Waals surface area contributed by atoms with Gasteiger partial charge in [0.2, 0.25) is 0 Å². The molecule has 27 heavy (non-hydrogen) atoms. The van der Waals surface area contributed by atoms with Gasteiger partial charge in [-0.3, -0.25) is 0 Å². The third kappa shape index (κ3) is 4.32. The fourth-order valence-corrected chi connectivity index (χ4v) is 3.43. The van der Waals surface area contributed by atoms with Crippen LogP contribution in [0.25, 0.3) is 22.4 Å². The van der Waals surface area contributed by atoms with Gasteiger partial charge in [-0.1, -0.05) is 36.4 Å². The number of halogens is 1. The zero-order valence-corrected chi connectivity index (χ0v) is 17.1. The second-order valence-corrected chi connectivity index (χ2v) is 7.29. The average Bonchev–Trinajstić information content (AvgIpc) is 2.67. The van der Waals surface area contributed by atoms with E-state index in [4.69, 9.17) is 9.47 Å². The Kier molecular flexibility index (Phi) is 5.83. The molecule has 0 aromatic heterocycles. The van der Waals surface area contributed by atoms with Crippen molar-refractivity contribution in [3.05, 3.63) is 70.2 Å². The van der Waals surface area contributed by atoms with Crippen LogP contribution in [0, 0.1) is 11.3 Å². The Bertz CT molecular complexity index is 1050. The molecule has 3 aromatic rings. The summed E-state index contributed by atoms with van der Waals surface area (Å²) in [5.74, 6) is 1.29. The molecule has 0 unspecified atom stereocenters. The Labute approximate surface area is 168 Å². The summed E-state index contributed by atoms with van der Waals surface area (Å²) in [7, 11) is 1.61. The molecule has 0 radical (unpaired) electrons. The summed E-state index contributed by atoms with van der Waals surface area (Å²) in [6.45, 7) is 3.93. The van der Waals surface area contributed by atoms with E-state index in [0.717, 1.165) is 26.4 Å². The van der Waals surface area contributed by atoms with Crippen molar-refractivity contribution in [2.24, 2.45) is 0 Å². The molecule has 0 fully saturated rings. The van der Waals surface area contributed by atoms with Crippen LogP contribution in [0.1, 0.15) is 25.0 Å². The number of ether oxygens (including phenoxy) is 2. The van der Waals surface area contributed by atoms with Crippen molar-refractivity contribution in [3.63, 3.8) is 0 Å². The molecule has 3 nitrogen and oxygen atoms in total. The summed E-state index contributed by atoms with van der Waals surface area (Å²) < 4.78 is 12.1. The van der Waals surface area contributed by atoms with Crippen LogP contribution in [0.4, 0.5) is 0 Å². The van der Waals surface area contributed by atoms with Crippen molar-refractivity contribution in [2.75, 3.05) is 7.11 Å². The minimum atomic E-state index is 0.0314. The lowest BCUT2D eigenvalue weighted by molar-refractivity contribution is 0.228. The second kappa shape index (κ2) is 8.28. The van der Waals surface area contributed by atoms with Gasteiger partial charge in [-0.15, -0.1) is 0 Å². The molecule has 0 aliphatic rings. The van der Waals surface area contributed by atoms with Crippen molar-refractivity contribution in [1.29, 1.82) is 5.26 Å². The molecule has 3 aromatic carbocycles. The predicted octanol–water partition coefficient (Wildman–Crippen LogP) is 6.46. The second-order valence-electron chi connectivity index (χ2n) is 6.43. The molecule has 0 bridgehead atoms. The molecule has 0 amide bonds. The SMILES string of the molecule is COc1cc(/C=C(/C#N)c2ccc3ccccc3c2)cc(Br)c1OC(C)C. The van der Waals surface area contributed by atoms with Gasteiger partial charge in [-0.05, 0) is 76.0 Å². The van der Waals surface area contributed by atoms with Gasteiger partial charge in [0.1, 0.15) is 0 Å². The van der Waals surface area contributed by atoms with Crippen LogP contribution >= 0.6 is 15.9 Å². The van der Waals surface area contributed by atoms with Gasteiger partial charge < -0.3 is 9.47 Å². The molecule has 4 heteroatoms. The Hall–Kier alpha value is -2.77. The molecule has 136 valence electrons. The number of hydrogen-bond donors (Lipinski definition) is 0. The third-order valence-electron chi connectivity index (χ3n) is 4.10. The van der Waals surface area contributed by atoms with E-state index in [0.29, 0.717) is 17.1 Å². The standard InChI is InChI=1S/C23H20BrNO2/c1-15(2)27-23-21(24)11-16(12-22(23)26-3)10-20(14-25)19-9-8-17-6-4-5-7-18(17)13-19/h4-13,15H,1-3H3/b20-10-. The highest BCUT2D eigenvalue weighted by Crippen LogP contribution is 2.38. The van der Waals surface area contributed by atoms with Crippen molar-refractivity contribution in [2.45, 2.75) is 20.0 Å². The number of benzene rings is 3. The quantitative estimate of drug-likeness (QED) is 0.350. The van der Waals surface area contributed by atoms with Gasteiger partial charge in [-0.2, -0.15) is 5.26 Å². The number of allylic oxidation sites excluding steroid dienone is 1. The Morgan fingerprint density at radius 2 is 1.81 bits per heavy atom. The van der Waals surface area contributed by atoms with Gasteiger partial charge in [0.25, 0.3) is 0 Å². The Morgan fingerprint density at radius 3 is 2.48 bits per heavy atom. The third-order valence-corrected chi connectivity index (χ3v) is 4.69. The maximum absolute atomic E-state index is 9.70. The van der Waals surface area contributed by atoms with Crippen molar-refractivity contribution in [3.8, 4) is 17.6 Å². The van der Waals surface area contributed by atoms with Crippen LogP contribution in [0.5, 0.6) is 11.5 Å². The summed E-state index contributed by atoms with van der Waals surface area (Å²) in [5, 5.41) is 12.0. The summed E-state index contributed by atoms with van der Waals surface area (Å²) >= 11 is 3.55. The largest absolute Gasteiger partial charge is 0.493 e. The van der Waals surface area contributed by atoms with Crippen LogP contribution < -0.4 is 9.47 Å². The number of rotatable bonds is 5. The lowest BCUT2D eigenvalue weighted by atomic mass is 10.00. The van der Waals surface area contributed by atoms with Gasteiger partial charge >= 0.3 is 0 Å². The molecule has 0 spiro atoms. The monoisotopic (exact) mass is 421 g/mol. The van der Waals surface area contributed by atoms with Crippen LogP contribution in [-0.4, -0.2) is 13.2 Å². The van der Waals surface area contributed by atoms with Gasteiger partial charge in [-0.25, -0.2) is 0 Å². The molecular weight excluding hydrogens is 402 g/mol. The lowest BCUT2D eigenvalue weighted by Crippen LogP contribution is -2.07. The number of hydrogen-bond acceptors (Lipinski definition) is 3. The average molecular weight is 422 g/mol. The first kappa shape index (κ1) is 19.0. The maximum Gasteiger partial charge on any atom is 0.175 e. The van der Waals surface area contributed by atoms with Crippen LogP contribution in [0.2, 0.25) is 0 Å². The van der Waals surface area contributed by atoms with E-state index < -0.39 is 0 Å². The molecule has 3 rings (SSSR count). The normalized spacial score (nSPS) is 11.5. The summed E-state index contributed by atoms with van der Waals surface area (Å²) in [4.78, 5) is 0. The van der Waals surface area contributed by atoms with E-state index in [1.165, 1.54) is 0 Å². The van der Waals surface area contributed by atoms with Crippen molar-refractivity contribution >= 4 is 38.4 Å². The Balaban J connectivity index is 2.04. The first-order valence-corrected chi connectivity index (χ1v) is 9.46. The molecule has 0 atom stereocenters. The Morgan fingerprint density at radius 1 is 1.07 bits per heavy atom. The first-order chi connectivity index (χ1) is 13.0. The summed E-state index contributed by atoms with van der Waals surface area (Å²) in [6.07, 6.45) is 1.89. The van der Waals surface area contributed by atoms with Gasteiger partial charge in [0.15, 0.2) is 11.5 Å². The van der Waals surface area contributed by atoms with Crippen molar-refractivity contribution in [1.82, 2.24) is 0 Å². The highest BCUT2D eigenvalue weighted by atomic mass is 79.9. The van der Waals surface area contributed by atoms with E-state index in [1.807, 2.05) is 68.5 Å². The number of methoxy groups -OCH3 is 1. The first-order valence-electron chi connectivity index (χ1n) is 8.67. The number of fused-ring (bicyclic) bond motifs is 1. The van der Waals surface area contributed by atoms with E-state index >= 15 is 0 Å². The highest BCUT2D eigenvalue weighted by Gasteiger charge is 2.13. The van der Waals surface area contributed by atoms with Crippen LogP contribution in [0.15, 0.2) is 59.1 Å². The predicted molar refractivity (Wildman–Crippen MR) is 114 cm³/mol. The zero-order valence-electron chi connectivity index (χ0n) is 15.5. The smallest absolute Gasteiger partial charge is 0.175 e. The molecule has 0 heterocycles. The van der Waals surface area contributed by atoms with Gasteiger partial charge in [0.05, 0.1) is 29.3 Å². The summed E-state index contributed by atoms with van der Waals surface area (Å²) in [5.41, 5.74) is 2.33. The minimum Gasteiger partial charge on any atom is -0.493 e. The fourth-order valence-electron chi connectivity index (χ4n) is 2.88. The number of nitriles is 1. The van der Waals surface area contributed by atoms with Crippen LogP contribution in [0.3, 0.4) is 0 Å². The summed E-state index contributed by atoms with van der Waals surface area (Å²) in [6, 6.07) is 20.3. The van der Waals surface area contributed by atoms with Crippen LogP contribution in [-0.2, 0) is 0 Å². The van der Waals surface area contributed by atoms with E-state index in [-0.39, 0.29) is 6.10 Å².